The molecule has 1 rings (SSSR count). The van der Waals surface area contributed by atoms with Crippen LogP contribution in [0.5, 0.6) is 5.75 Å². The number of nitrogens with one attached hydrogen (secondary N) is 1. The lowest BCUT2D eigenvalue weighted by molar-refractivity contribution is -0.121. The van der Waals surface area contributed by atoms with Crippen LogP contribution in [0.2, 0.25) is 0 Å². The molecule has 0 fully saturated rings. The molecule has 1 N–H and O–H groups in total. The molecule has 96 valence electrons. The highest BCUT2D eigenvalue weighted by molar-refractivity contribution is 5.76. The molecule has 0 bridgehead atoms. The average molecular weight is 246 g/mol. The molecule has 0 heterocycles. The molecular formula is C14H18N2O2. The van der Waals surface area contributed by atoms with Crippen LogP contribution < -0.4 is 10.1 Å². The zero-order chi connectivity index (χ0) is 13.4. The molecule has 0 atom stereocenters. The second kappa shape index (κ2) is 7.33. The van der Waals surface area contributed by atoms with Gasteiger partial charge in [0.05, 0.1) is 13.2 Å². The third-order valence-electron chi connectivity index (χ3n) is 2.69. The zero-order valence-electron chi connectivity index (χ0n) is 10.8. The van der Waals surface area contributed by atoms with Gasteiger partial charge in [0.25, 0.3) is 0 Å². The summed E-state index contributed by atoms with van der Waals surface area (Å²) in [5.41, 5.74) is 2.17. The molecule has 0 unspecified atom stereocenters. The monoisotopic (exact) mass is 246 g/mol. The van der Waals surface area contributed by atoms with Crippen LogP contribution in [-0.2, 0) is 17.8 Å². The van der Waals surface area contributed by atoms with Crippen LogP contribution in [-0.4, -0.2) is 13.0 Å². The number of amides is 1. The van der Waals surface area contributed by atoms with Gasteiger partial charge >= 0.3 is 0 Å². The predicted molar refractivity (Wildman–Crippen MR) is 69.1 cm³/mol. The highest BCUT2D eigenvalue weighted by Gasteiger charge is 2.06. The fourth-order valence-corrected chi connectivity index (χ4v) is 1.64. The van der Waals surface area contributed by atoms with Gasteiger partial charge in [-0.25, -0.2) is 0 Å². The molecule has 18 heavy (non-hydrogen) atoms. The van der Waals surface area contributed by atoms with E-state index in [0.717, 1.165) is 17.7 Å². The van der Waals surface area contributed by atoms with Gasteiger partial charge in [-0.15, -0.1) is 0 Å². The van der Waals surface area contributed by atoms with Gasteiger partial charge in [0.15, 0.2) is 0 Å². The maximum Gasteiger partial charge on any atom is 0.221 e. The summed E-state index contributed by atoms with van der Waals surface area (Å²) >= 11 is 0. The van der Waals surface area contributed by atoms with Crippen molar-refractivity contribution in [1.29, 1.82) is 5.26 Å². The quantitative estimate of drug-likeness (QED) is 0.836. The summed E-state index contributed by atoms with van der Waals surface area (Å²) in [6.07, 6.45) is 1.43. The molecule has 0 saturated heterocycles. The summed E-state index contributed by atoms with van der Waals surface area (Å²) in [4.78, 5) is 11.4. The van der Waals surface area contributed by atoms with E-state index in [9.17, 15) is 4.79 Å². The number of carbonyl (C=O) groups excluding carboxylic acids is 1. The second-order valence-corrected chi connectivity index (χ2v) is 3.93. The van der Waals surface area contributed by atoms with Crippen molar-refractivity contribution in [1.82, 2.24) is 5.32 Å². The van der Waals surface area contributed by atoms with E-state index in [2.05, 4.69) is 12.2 Å². The van der Waals surface area contributed by atoms with Crippen molar-refractivity contribution in [2.24, 2.45) is 0 Å². The van der Waals surface area contributed by atoms with Gasteiger partial charge in [-0.1, -0.05) is 19.1 Å². The van der Waals surface area contributed by atoms with Gasteiger partial charge in [0.1, 0.15) is 5.75 Å². The van der Waals surface area contributed by atoms with E-state index in [0.29, 0.717) is 6.54 Å². The van der Waals surface area contributed by atoms with Gasteiger partial charge in [0.2, 0.25) is 5.91 Å². The normalized spacial score (nSPS) is 9.61. The Balaban J connectivity index is 2.65. The largest absolute Gasteiger partial charge is 0.496 e. The Hall–Kier alpha value is -2.02. The number of aryl methyl sites for hydroxylation is 1. The molecule has 4 heteroatoms. The zero-order valence-corrected chi connectivity index (χ0v) is 10.8. The van der Waals surface area contributed by atoms with E-state index in [1.54, 1.807) is 7.11 Å². The number of rotatable bonds is 6. The fourth-order valence-electron chi connectivity index (χ4n) is 1.64. The number of methoxy groups -OCH3 is 1. The maximum atomic E-state index is 11.4. The van der Waals surface area contributed by atoms with E-state index >= 15 is 0 Å². The molecule has 1 amide bonds. The third-order valence-corrected chi connectivity index (χ3v) is 2.69. The molecule has 0 aliphatic heterocycles. The van der Waals surface area contributed by atoms with E-state index in [1.807, 2.05) is 24.3 Å². The molecular weight excluding hydrogens is 228 g/mol. The van der Waals surface area contributed by atoms with Gasteiger partial charge in [0, 0.05) is 24.9 Å². The summed E-state index contributed by atoms with van der Waals surface area (Å²) in [5.74, 6) is 0.660. The molecule has 1 aromatic carbocycles. The third kappa shape index (κ3) is 4.10. The molecule has 1 aromatic rings. The Morgan fingerprint density at radius 2 is 2.28 bits per heavy atom. The minimum atomic E-state index is -0.111. The Labute approximate surface area is 108 Å². The number of hydrogen-bond acceptors (Lipinski definition) is 3. The SMILES string of the molecule is CCc1ccc(OC)c(CNC(=O)CCC#N)c1. The lowest BCUT2D eigenvalue weighted by Crippen LogP contribution is -2.22. The van der Waals surface area contributed by atoms with Gasteiger partial charge in [-0.2, -0.15) is 5.26 Å². The molecule has 0 saturated carbocycles. The Bertz CT molecular complexity index is 450. The Morgan fingerprint density at radius 3 is 2.89 bits per heavy atom. The van der Waals surface area contributed by atoms with Crippen molar-refractivity contribution in [2.45, 2.75) is 32.7 Å². The molecule has 0 spiro atoms. The van der Waals surface area contributed by atoms with Crippen LogP contribution in [0.3, 0.4) is 0 Å². The van der Waals surface area contributed by atoms with Gasteiger partial charge in [-0.3, -0.25) is 4.79 Å². The summed E-state index contributed by atoms with van der Waals surface area (Å²) in [6.45, 7) is 2.51. The summed E-state index contributed by atoms with van der Waals surface area (Å²) in [5, 5.41) is 11.2. The molecule has 0 aromatic heterocycles. The van der Waals surface area contributed by atoms with Crippen LogP contribution in [0, 0.1) is 11.3 Å². The first-order valence-electron chi connectivity index (χ1n) is 6.00. The Morgan fingerprint density at radius 1 is 1.50 bits per heavy atom. The van der Waals surface area contributed by atoms with Crippen LogP contribution in [0.25, 0.3) is 0 Å². The lowest BCUT2D eigenvalue weighted by Gasteiger charge is -2.11. The first kappa shape index (κ1) is 14.0. The number of ether oxygens (including phenoxy) is 1. The summed E-state index contributed by atoms with van der Waals surface area (Å²) < 4.78 is 5.25. The number of nitriles is 1. The van der Waals surface area contributed by atoms with Crippen molar-refractivity contribution in [2.75, 3.05) is 7.11 Å². The second-order valence-electron chi connectivity index (χ2n) is 3.93. The van der Waals surface area contributed by atoms with E-state index in [-0.39, 0.29) is 18.7 Å². The van der Waals surface area contributed by atoms with E-state index in [4.69, 9.17) is 10.00 Å². The maximum absolute atomic E-state index is 11.4. The minimum Gasteiger partial charge on any atom is -0.496 e. The highest BCUT2D eigenvalue weighted by Crippen LogP contribution is 2.20. The predicted octanol–water partition coefficient (Wildman–Crippen LogP) is 2.18. The van der Waals surface area contributed by atoms with Crippen molar-refractivity contribution in [3.8, 4) is 11.8 Å². The minimum absolute atomic E-state index is 0.111. The smallest absolute Gasteiger partial charge is 0.221 e. The van der Waals surface area contributed by atoms with E-state index in [1.165, 1.54) is 5.56 Å². The summed E-state index contributed by atoms with van der Waals surface area (Å²) in [7, 11) is 1.61. The van der Waals surface area contributed by atoms with Gasteiger partial charge in [-0.05, 0) is 18.1 Å². The highest BCUT2D eigenvalue weighted by atomic mass is 16.5. The standard InChI is InChI=1S/C14H18N2O2/c1-3-11-6-7-13(18-2)12(9-11)10-16-14(17)5-4-8-15/h6-7,9H,3-5,10H2,1-2H3,(H,16,17). The molecule has 4 nitrogen and oxygen atoms in total. The molecule has 0 radical (unpaired) electrons. The van der Waals surface area contributed by atoms with Crippen LogP contribution >= 0.6 is 0 Å². The molecule has 0 aliphatic carbocycles. The number of nitrogens with zero attached hydrogens (tertiary/aromatic N) is 1. The average Bonchev–Trinajstić information content (AvgIpc) is 2.42. The van der Waals surface area contributed by atoms with Crippen molar-refractivity contribution in [3.63, 3.8) is 0 Å². The molecule has 0 aliphatic rings. The van der Waals surface area contributed by atoms with Crippen LogP contribution in [0.4, 0.5) is 0 Å². The first-order chi connectivity index (χ1) is 8.71. The van der Waals surface area contributed by atoms with E-state index < -0.39 is 0 Å². The lowest BCUT2D eigenvalue weighted by atomic mass is 10.1. The van der Waals surface area contributed by atoms with Gasteiger partial charge < -0.3 is 10.1 Å². The number of benzene rings is 1. The number of carbonyl (C=O) groups is 1. The van der Waals surface area contributed by atoms with Crippen molar-refractivity contribution < 1.29 is 9.53 Å². The fraction of sp³-hybridized carbons (Fsp3) is 0.429. The van der Waals surface area contributed by atoms with Crippen molar-refractivity contribution in [3.05, 3.63) is 29.3 Å². The Kier molecular flexibility index (Phi) is 5.72. The summed E-state index contributed by atoms with van der Waals surface area (Å²) in [6, 6.07) is 7.91. The van der Waals surface area contributed by atoms with Crippen LogP contribution in [0.15, 0.2) is 18.2 Å². The topological polar surface area (TPSA) is 62.1 Å². The first-order valence-corrected chi connectivity index (χ1v) is 6.00. The van der Waals surface area contributed by atoms with Crippen LogP contribution in [0.1, 0.15) is 30.9 Å². The van der Waals surface area contributed by atoms with Crippen molar-refractivity contribution >= 4 is 5.91 Å². The number of hydrogen-bond donors (Lipinski definition) is 1.